The average Bonchev–Trinajstić information content (AvgIpc) is 3.42. The van der Waals surface area contributed by atoms with Gasteiger partial charge in [-0.1, -0.05) is 0 Å². The molecule has 1 aromatic heterocycles. The van der Waals surface area contributed by atoms with Gasteiger partial charge in [0.1, 0.15) is 19.3 Å². The number of imidazole rings is 1. The van der Waals surface area contributed by atoms with Gasteiger partial charge in [0, 0.05) is 38.5 Å². The first kappa shape index (κ1) is 34.1. The maximum atomic E-state index is 12.1. The first-order valence-corrected chi connectivity index (χ1v) is 12.8. The number of amides is 2. The average molecular weight is 558 g/mol. The quantitative estimate of drug-likeness (QED) is 0.0856. The third-order valence-electron chi connectivity index (χ3n) is 5.27. The van der Waals surface area contributed by atoms with Crippen molar-refractivity contribution in [3.05, 3.63) is 18.2 Å². The van der Waals surface area contributed by atoms with Crippen LogP contribution in [-0.2, 0) is 44.5 Å². The van der Waals surface area contributed by atoms with Crippen LogP contribution in [-0.4, -0.2) is 124 Å². The highest BCUT2D eigenvalue weighted by molar-refractivity contribution is 5.86. The molecule has 6 N–H and O–H groups in total. The Kier molecular flexibility index (Phi) is 19.2. The molecule has 15 heteroatoms. The van der Waals surface area contributed by atoms with Crippen LogP contribution in [0.15, 0.2) is 12.5 Å². The van der Waals surface area contributed by atoms with Crippen LogP contribution in [0, 0.1) is 0 Å². The molecule has 15 nitrogen and oxygen atoms in total. The largest absolute Gasteiger partial charge is 0.480 e. The number of nitrogens with one attached hydrogen (secondary N) is 5. The first-order chi connectivity index (χ1) is 18.8. The van der Waals surface area contributed by atoms with Crippen molar-refractivity contribution in [1.29, 1.82) is 0 Å². The number of rotatable bonds is 25. The second-order valence-electron chi connectivity index (χ2n) is 8.48. The zero-order chi connectivity index (χ0) is 28.7. The molecular formula is C24H41N6O9. The van der Waals surface area contributed by atoms with Gasteiger partial charge in [-0.15, -0.1) is 0 Å². The van der Waals surface area contributed by atoms with E-state index in [9.17, 15) is 24.3 Å². The number of methoxy groups -OCH3 is 1. The van der Waals surface area contributed by atoms with E-state index in [1.54, 1.807) is 7.11 Å². The predicted molar refractivity (Wildman–Crippen MR) is 138 cm³/mol. The van der Waals surface area contributed by atoms with Crippen LogP contribution >= 0.6 is 0 Å². The highest BCUT2D eigenvalue weighted by atomic mass is 16.5. The molecule has 0 aromatic carbocycles. The Morgan fingerprint density at radius 3 is 2.28 bits per heavy atom. The molecule has 0 spiro atoms. The number of carboxylic acid groups (broad SMARTS) is 1. The molecular weight excluding hydrogens is 516 g/mol. The molecule has 0 saturated carbocycles. The van der Waals surface area contributed by atoms with Crippen molar-refractivity contribution >= 4 is 23.6 Å². The second-order valence-corrected chi connectivity index (χ2v) is 8.48. The number of ether oxygens (including phenoxy) is 4. The lowest BCUT2D eigenvalue weighted by Gasteiger charge is -2.15. The minimum Gasteiger partial charge on any atom is -0.480 e. The van der Waals surface area contributed by atoms with E-state index in [1.165, 1.54) is 12.5 Å². The van der Waals surface area contributed by atoms with E-state index in [2.05, 4.69) is 25.9 Å². The van der Waals surface area contributed by atoms with E-state index >= 15 is 0 Å². The normalized spacial score (nSPS) is 12.6. The molecule has 39 heavy (non-hydrogen) atoms. The molecule has 1 aromatic rings. The Morgan fingerprint density at radius 2 is 1.64 bits per heavy atom. The van der Waals surface area contributed by atoms with Gasteiger partial charge in [-0.25, -0.2) is 10.7 Å². The van der Waals surface area contributed by atoms with E-state index < -0.39 is 23.8 Å². The molecule has 1 rings (SSSR count). The third-order valence-corrected chi connectivity index (χ3v) is 5.27. The first-order valence-electron chi connectivity index (χ1n) is 12.8. The van der Waals surface area contributed by atoms with Crippen molar-refractivity contribution in [2.45, 2.75) is 37.8 Å². The van der Waals surface area contributed by atoms with Crippen molar-refractivity contribution in [3.63, 3.8) is 0 Å². The minimum atomic E-state index is -1.08. The molecule has 0 aliphatic rings. The van der Waals surface area contributed by atoms with E-state index in [1.807, 2.05) is 0 Å². The zero-order valence-electron chi connectivity index (χ0n) is 22.4. The Balaban J connectivity index is 2.01. The Bertz CT molecular complexity index is 825. The highest BCUT2D eigenvalue weighted by Gasteiger charge is 2.21. The van der Waals surface area contributed by atoms with Gasteiger partial charge in [-0.3, -0.25) is 24.5 Å². The number of Topliss-reactive ketones (excluding diaryl/α,β-unsaturated/α-hetero) is 1. The van der Waals surface area contributed by atoms with Gasteiger partial charge in [-0.2, -0.15) is 0 Å². The number of aromatic nitrogens is 2. The van der Waals surface area contributed by atoms with Gasteiger partial charge in [0.15, 0.2) is 5.78 Å². The standard InChI is InChI=1S/C24H41N6O9/c1-36-8-9-38-16-23(33)28-6-7-37-10-11-39-15-22(32)27-5-3-2-4-20(24(34)35)29-14-21(31)19(25)12-18-13-26-17-30-18/h13,17,19-20,25,29H,2-12,14-16H2,1H3,(H,26,30)(H,27,32)(H,28,33)(H,34,35)/t19-,20-/m0/s1. The lowest BCUT2D eigenvalue weighted by atomic mass is 10.1. The van der Waals surface area contributed by atoms with Gasteiger partial charge < -0.3 is 39.7 Å². The summed E-state index contributed by atoms with van der Waals surface area (Å²) in [5.41, 5.74) is 8.58. The SMILES string of the molecule is COCCOCC(=O)NCCOCCOCC(=O)NCCCC[C@H](NCC(=O)[C@@H]([NH])Cc1cnc[nH]1)C(=O)O. The van der Waals surface area contributed by atoms with Crippen LogP contribution < -0.4 is 21.7 Å². The number of hydrogen-bond acceptors (Lipinski definition) is 10. The van der Waals surface area contributed by atoms with Crippen LogP contribution in [0.3, 0.4) is 0 Å². The van der Waals surface area contributed by atoms with Gasteiger partial charge in [0.25, 0.3) is 0 Å². The maximum Gasteiger partial charge on any atom is 0.320 e. The molecule has 0 saturated heterocycles. The number of carboxylic acids is 1. The lowest BCUT2D eigenvalue weighted by Crippen LogP contribution is -2.43. The minimum absolute atomic E-state index is 0.0411. The number of carbonyl (C=O) groups excluding carboxylic acids is 3. The zero-order valence-corrected chi connectivity index (χ0v) is 22.4. The molecule has 0 fully saturated rings. The predicted octanol–water partition coefficient (Wildman–Crippen LogP) is -1.69. The van der Waals surface area contributed by atoms with Crippen LogP contribution in [0.25, 0.3) is 0 Å². The summed E-state index contributed by atoms with van der Waals surface area (Å²) in [5.74, 6) is -2.02. The van der Waals surface area contributed by atoms with E-state index in [0.29, 0.717) is 51.4 Å². The summed E-state index contributed by atoms with van der Waals surface area (Å²) in [4.78, 5) is 53.6. The Morgan fingerprint density at radius 1 is 0.974 bits per heavy atom. The number of unbranched alkanes of at least 4 members (excludes halogenated alkanes) is 1. The number of ketones is 1. The number of nitrogens with zero attached hydrogens (tertiary/aromatic N) is 1. The summed E-state index contributed by atoms with van der Waals surface area (Å²) in [6.07, 6.45) is 4.53. The molecule has 221 valence electrons. The molecule has 1 heterocycles. The fourth-order valence-electron chi connectivity index (χ4n) is 3.15. The van der Waals surface area contributed by atoms with Crippen molar-refractivity contribution in [2.24, 2.45) is 0 Å². The Labute approximate surface area is 227 Å². The lowest BCUT2D eigenvalue weighted by molar-refractivity contribution is -0.139. The third kappa shape index (κ3) is 18.1. The number of aliphatic carboxylic acids is 1. The molecule has 0 bridgehead atoms. The number of hydrogen-bond donors (Lipinski definition) is 5. The maximum absolute atomic E-state index is 12.1. The highest BCUT2D eigenvalue weighted by Crippen LogP contribution is 2.03. The summed E-state index contributed by atoms with van der Waals surface area (Å²) in [6.45, 7) is 1.86. The van der Waals surface area contributed by atoms with Crippen LogP contribution in [0.2, 0.25) is 0 Å². The topological polar surface area (TPSA) is 214 Å². The van der Waals surface area contributed by atoms with Gasteiger partial charge in [0.05, 0.1) is 51.9 Å². The summed E-state index contributed by atoms with van der Waals surface area (Å²) < 4.78 is 20.4. The van der Waals surface area contributed by atoms with Crippen LogP contribution in [0.5, 0.6) is 0 Å². The number of H-pyrrole nitrogens is 1. The van der Waals surface area contributed by atoms with Crippen molar-refractivity contribution in [1.82, 2.24) is 31.7 Å². The summed E-state index contributed by atoms with van der Waals surface area (Å²) in [7, 11) is 1.55. The Hall–Kier alpha value is -2.95. The van der Waals surface area contributed by atoms with Crippen LogP contribution in [0.4, 0.5) is 0 Å². The molecule has 0 aliphatic heterocycles. The van der Waals surface area contributed by atoms with E-state index in [-0.39, 0.29) is 57.6 Å². The summed E-state index contributed by atoms with van der Waals surface area (Å²) in [5, 5.41) is 17.4. The summed E-state index contributed by atoms with van der Waals surface area (Å²) in [6, 6.07) is -1.93. The van der Waals surface area contributed by atoms with Crippen LogP contribution in [0.1, 0.15) is 25.0 Å². The van der Waals surface area contributed by atoms with Crippen molar-refractivity contribution < 1.29 is 43.2 Å². The monoisotopic (exact) mass is 557 g/mol. The molecule has 2 amide bonds. The smallest absolute Gasteiger partial charge is 0.320 e. The molecule has 0 aliphatic carbocycles. The van der Waals surface area contributed by atoms with E-state index in [0.717, 1.165) is 0 Å². The van der Waals surface area contributed by atoms with Gasteiger partial charge >= 0.3 is 5.97 Å². The number of aromatic amines is 1. The van der Waals surface area contributed by atoms with Crippen molar-refractivity contribution in [2.75, 3.05) is 73.0 Å². The number of carbonyl (C=O) groups is 4. The molecule has 0 unspecified atom stereocenters. The van der Waals surface area contributed by atoms with Gasteiger partial charge in [-0.05, 0) is 19.3 Å². The molecule has 1 radical (unpaired) electrons. The fourth-order valence-corrected chi connectivity index (χ4v) is 3.15. The summed E-state index contributed by atoms with van der Waals surface area (Å²) >= 11 is 0. The molecule has 2 atom stereocenters. The van der Waals surface area contributed by atoms with Gasteiger partial charge in [0.2, 0.25) is 11.8 Å². The van der Waals surface area contributed by atoms with Crippen molar-refractivity contribution in [3.8, 4) is 0 Å². The van der Waals surface area contributed by atoms with E-state index in [4.69, 9.17) is 24.7 Å². The second kappa shape index (κ2) is 21.9. The fraction of sp³-hybridized carbons (Fsp3) is 0.708.